The second-order valence-electron chi connectivity index (χ2n) is 3.10. The topological polar surface area (TPSA) is 104 Å². The zero-order chi connectivity index (χ0) is 11.5. The highest BCUT2D eigenvalue weighted by Gasteiger charge is 2.28. The molecule has 1 rings (SSSR count). The molecule has 8 heteroatoms. The minimum Gasteiger partial charge on any atom is -0.326 e. The highest BCUT2D eigenvalue weighted by molar-refractivity contribution is 7.89. The fourth-order valence-electron chi connectivity index (χ4n) is 1.12. The Morgan fingerprint density at radius 3 is 2.53 bits per heavy atom. The molecule has 0 aromatic carbocycles. The maximum absolute atomic E-state index is 11.0. The van der Waals surface area contributed by atoms with E-state index in [1.54, 1.807) is 0 Å². The van der Waals surface area contributed by atoms with Crippen LogP contribution in [0, 0.1) is 0 Å². The van der Waals surface area contributed by atoms with Gasteiger partial charge >= 0.3 is 6.03 Å². The molecule has 0 radical (unpaired) electrons. The monoisotopic (exact) mass is 235 g/mol. The summed E-state index contributed by atoms with van der Waals surface area (Å²) < 4.78 is 24.4. The van der Waals surface area contributed by atoms with Crippen LogP contribution in [0.25, 0.3) is 0 Å². The second-order valence-corrected chi connectivity index (χ2v) is 5.20. The van der Waals surface area contributed by atoms with Crippen LogP contribution in [0.15, 0.2) is 0 Å². The van der Waals surface area contributed by atoms with Crippen molar-refractivity contribution in [3.05, 3.63) is 0 Å². The number of carbonyl (C=O) groups is 2. The molecule has 0 aromatic rings. The van der Waals surface area contributed by atoms with Gasteiger partial charge in [-0.2, -0.15) is 0 Å². The molecule has 1 atom stereocenters. The first-order chi connectivity index (χ1) is 6.94. The smallest absolute Gasteiger partial charge is 0.322 e. The summed E-state index contributed by atoms with van der Waals surface area (Å²) in [4.78, 5) is 21.7. The Morgan fingerprint density at radius 1 is 1.40 bits per heavy atom. The van der Waals surface area contributed by atoms with E-state index < -0.39 is 28.0 Å². The number of nitrogens with one attached hydrogen (secondary N) is 3. The second kappa shape index (κ2) is 4.58. The summed E-state index contributed by atoms with van der Waals surface area (Å²) in [6.07, 6.45) is 0.247. The van der Waals surface area contributed by atoms with Crippen LogP contribution in [0.3, 0.4) is 0 Å². The predicted octanol–water partition coefficient (Wildman–Crippen LogP) is -1.48. The summed E-state index contributed by atoms with van der Waals surface area (Å²) in [5.41, 5.74) is 0. The lowest BCUT2D eigenvalue weighted by Gasteiger charge is -2.07. The van der Waals surface area contributed by atoms with Crippen LogP contribution in [-0.2, 0) is 14.8 Å². The van der Waals surface area contributed by atoms with Crippen molar-refractivity contribution in [1.82, 2.24) is 15.4 Å². The van der Waals surface area contributed by atoms with Crippen molar-refractivity contribution in [3.63, 3.8) is 0 Å². The van der Waals surface area contributed by atoms with Gasteiger partial charge in [0.25, 0.3) is 5.91 Å². The number of imide groups is 1. The maximum atomic E-state index is 11.0. The van der Waals surface area contributed by atoms with E-state index in [2.05, 4.69) is 15.4 Å². The summed E-state index contributed by atoms with van der Waals surface area (Å²) in [5.74, 6) is -0.424. The molecule has 1 aliphatic rings. The zero-order valence-corrected chi connectivity index (χ0v) is 9.06. The van der Waals surface area contributed by atoms with Gasteiger partial charge in [0.2, 0.25) is 10.0 Å². The number of hydrogen-bond acceptors (Lipinski definition) is 4. The minimum atomic E-state index is -3.24. The molecule has 0 aliphatic carbocycles. The van der Waals surface area contributed by atoms with E-state index in [0.29, 0.717) is 0 Å². The molecule has 86 valence electrons. The first-order valence-corrected chi connectivity index (χ1v) is 6.18. The molecule has 0 spiro atoms. The molecule has 1 saturated heterocycles. The van der Waals surface area contributed by atoms with Gasteiger partial charge in [-0.25, -0.2) is 17.9 Å². The van der Waals surface area contributed by atoms with Gasteiger partial charge in [0, 0.05) is 6.54 Å². The third-order valence-corrected chi connectivity index (χ3v) is 3.40. The van der Waals surface area contributed by atoms with Gasteiger partial charge in [-0.3, -0.25) is 10.1 Å². The van der Waals surface area contributed by atoms with Gasteiger partial charge in [-0.1, -0.05) is 0 Å². The summed E-state index contributed by atoms with van der Waals surface area (Å²) in [5, 5.41) is 4.44. The lowest BCUT2D eigenvalue weighted by atomic mass is 10.2. The van der Waals surface area contributed by atoms with Gasteiger partial charge < -0.3 is 5.32 Å². The summed E-state index contributed by atoms with van der Waals surface area (Å²) >= 11 is 0. The van der Waals surface area contributed by atoms with Crippen molar-refractivity contribution in [2.45, 2.75) is 19.4 Å². The van der Waals surface area contributed by atoms with E-state index in [-0.39, 0.29) is 18.7 Å². The molecule has 3 amide bonds. The normalized spacial score (nSPS) is 21.3. The van der Waals surface area contributed by atoms with Crippen molar-refractivity contribution >= 4 is 22.0 Å². The highest BCUT2D eigenvalue weighted by Crippen LogP contribution is 1.98. The van der Waals surface area contributed by atoms with Crippen molar-refractivity contribution in [2.24, 2.45) is 0 Å². The Bertz CT molecular complexity index is 364. The van der Waals surface area contributed by atoms with E-state index in [9.17, 15) is 18.0 Å². The van der Waals surface area contributed by atoms with Crippen molar-refractivity contribution in [2.75, 3.05) is 12.3 Å². The number of rotatable bonds is 5. The first kappa shape index (κ1) is 11.9. The molecule has 7 nitrogen and oxygen atoms in total. The van der Waals surface area contributed by atoms with E-state index in [0.717, 1.165) is 0 Å². The predicted molar refractivity (Wildman–Crippen MR) is 52.5 cm³/mol. The standard InChI is InChI=1S/C7H13N3O4S/c1-2-15(13,14)8-4-3-5-6(11)10-7(12)9-5/h5,8H,2-4H2,1H3,(H2,9,10,11,12). The molecule has 1 aliphatic heterocycles. The number of carbonyl (C=O) groups excluding carboxylic acids is 2. The molecular weight excluding hydrogens is 222 g/mol. The maximum Gasteiger partial charge on any atom is 0.322 e. The molecule has 0 saturated carbocycles. The molecule has 1 unspecified atom stereocenters. The van der Waals surface area contributed by atoms with Crippen molar-refractivity contribution in [1.29, 1.82) is 0 Å². The molecule has 0 aromatic heterocycles. The summed E-state index contributed by atoms with van der Waals surface area (Å²) in [7, 11) is -3.24. The molecular formula is C7H13N3O4S. The van der Waals surface area contributed by atoms with Crippen LogP contribution in [-0.4, -0.2) is 38.7 Å². The van der Waals surface area contributed by atoms with Crippen LogP contribution in [0.5, 0.6) is 0 Å². The van der Waals surface area contributed by atoms with Crippen LogP contribution < -0.4 is 15.4 Å². The average molecular weight is 235 g/mol. The van der Waals surface area contributed by atoms with Crippen molar-refractivity contribution < 1.29 is 18.0 Å². The van der Waals surface area contributed by atoms with Crippen LogP contribution in [0.1, 0.15) is 13.3 Å². The summed E-state index contributed by atoms with van der Waals surface area (Å²) in [6.45, 7) is 1.65. The van der Waals surface area contributed by atoms with E-state index >= 15 is 0 Å². The quantitative estimate of drug-likeness (QED) is 0.506. The molecule has 3 N–H and O–H groups in total. The van der Waals surface area contributed by atoms with Crippen LogP contribution in [0.2, 0.25) is 0 Å². The number of urea groups is 1. The number of amides is 3. The molecule has 0 bridgehead atoms. The number of sulfonamides is 1. The van der Waals surface area contributed by atoms with E-state index in [1.807, 2.05) is 0 Å². The lowest BCUT2D eigenvalue weighted by Crippen LogP contribution is -2.35. The fraction of sp³-hybridized carbons (Fsp3) is 0.714. The Kier molecular flexibility index (Phi) is 3.64. The fourth-order valence-corrected chi connectivity index (χ4v) is 1.76. The Balaban J connectivity index is 2.33. The Labute approximate surface area is 87.7 Å². The van der Waals surface area contributed by atoms with Gasteiger partial charge in [-0.15, -0.1) is 0 Å². The first-order valence-electron chi connectivity index (χ1n) is 4.53. The van der Waals surface area contributed by atoms with E-state index in [4.69, 9.17) is 0 Å². The Morgan fingerprint density at radius 2 is 2.07 bits per heavy atom. The zero-order valence-electron chi connectivity index (χ0n) is 8.24. The van der Waals surface area contributed by atoms with E-state index in [1.165, 1.54) is 6.92 Å². The number of hydrogen-bond donors (Lipinski definition) is 3. The highest BCUT2D eigenvalue weighted by atomic mass is 32.2. The third-order valence-electron chi connectivity index (χ3n) is 1.99. The molecule has 15 heavy (non-hydrogen) atoms. The van der Waals surface area contributed by atoms with Gasteiger partial charge in [-0.05, 0) is 13.3 Å². The SMILES string of the molecule is CCS(=O)(=O)NCCC1NC(=O)NC1=O. The Hall–Kier alpha value is -1.15. The lowest BCUT2D eigenvalue weighted by molar-refractivity contribution is -0.120. The van der Waals surface area contributed by atoms with Crippen molar-refractivity contribution in [3.8, 4) is 0 Å². The van der Waals surface area contributed by atoms with Gasteiger partial charge in [0.05, 0.1) is 5.75 Å². The van der Waals surface area contributed by atoms with Crippen LogP contribution in [0.4, 0.5) is 4.79 Å². The summed E-state index contributed by atoms with van der Waals surface area (Å²) in [6, 6.07) is -1.18. The third kappa shape index (κ3) is 3.48. The van der Waals surface area contributed by atoms with Gasteiger partial charge in [0.15, 0.2) is 0 Å². The van der Waals surface area contributed by atoms with Crippen LogP contribution >= 0.6 is 0 Å². The average Bonchev–Trinajstić information content (AvgIpc) is 2.45. The van der Waals surface area contributed by atoms with Gasteiger partial charge in [0.1, 0.15) is 6.04 Å². The minimum absolute atomic E-state index is 0.00375. The molecule has 1 fully saturated rings. The largest absolute Gasteiger partial charge is 0.326 e. The molecule has 1 heterocycles.